The third kappa shape index (κ3) is 4.67. The Morgan fingerprint density at radius 3 is 2.71 bits per heavy atom. The summed E-state index contributed by atoms with van der Waals surface area (Å²) in [5.74, 6) is -1.36. The van der Waals surface area contributed by atoms with E-state index in [9.17, 15) is 9.59 Å². The fourth-order valence-corrected chi connectivity index (χ4v) is 4.17. The highest BCUT2D eigenvalue weighted by atomic mass is 32.2. The quantitative estimate of drug-likeness (QED) is 0.235. The van der Waals surface area contributed by atoms with Crippen LogP contribution in [-0.4, -0.2) is 50.0 Å². The van der Waals surface area contributed by atoms with E-state index >= 15 is 0 Å². The molecule has 0 saturated heterocycles. The molecule has 28 heavy (non-hydrogen) atoms. The van der Waals surface area contributed by atoms with Crippen LogP contribution < -0.4 is 10.2 Å². The summed E-state index contributed by atoms with van der Waals surface area (Å²) < 4.78 is 9.83. The van der Waals surface area contributed by atoms with Crippen LogP contribution in [0.15, 0.2) is 39.9 Å². The fraction of sp³-hybridized carbons (Fsp3) is 0.450. The summed E-state index contributed by atoms with van der Waals surface area (Å²) in [7, 11) is 0. The number of hydrogen-bond acceptors (Lipinski definition) is 8. The van der Waals surface area contributed by atoms with Gasteiger partial charge in [0.15, 0.2) is 10.7 Å². The number of ether oxygens (including phenoxy) is 2. The normalized spacial score (nSPS) is 14.5. The van der Waals surface area contributed by atoms with Crippen molar-refractivity contribution in [2.45, 2.75) is 31.6 Å². The summed E-state index contributed by atoms with van der Waals surface area (Å²) in [4.78, 5) is 31.9. The van der Waals surface area contributed by atoms with Gasteiger partial charge in [0.05, 0.1) is 18.9 Å². The average molecular weight is 404 g/mol. The molecule has 0 saturated carbocycles. The molecule has 7 nitrogen and oxygen atoms in total. The molecule has 2 aliphatic rings. The number of rotatable bonds is 8. The molecule has 0 bridgehead atoms. The van der Waals surface area contributed by atoms with Gasteiger partial charge in [0, 0.05) is 30.7 Å². The zero-order valence-electron chi connectivity index (χ0n) is 16.2. The number of thioether (sulfide) groups is 1. The summed E-state index contributed by atoms with van der Waals surface area (Å²) in [6, 6.07) is 6.44. The smallest absolute Gasteiger partial charge is 0.347 e. The van der Waals surface area contributed by atoms with Gasteiger partial charge in [-0.15, -0.1) is 0 Å². The molecule has 1 aromatic carbocycles. The molecule has 3 rings (SSSR count). The molecule has 0 atom stereocenters. The highest BCUT2D eigenvalue weighted by molar-refractivity contribution is 8.14. The van der Waals surface area contributed by atoms with Crippen molar-refractivity contribution in [3.8, 4) is 0 Å². The molecule has 0 radical (unpaired) electrons. The van der Waals surface area contributed by atoms with Crippen LogP contribution in [-0.2, 0) is 25.5 Å². The predicted octanol–water partition coefficient (Wildman–Crippen LogP) is 2.50. The Bertz CT molecular complexity index is 787. The van der Waals surface area contributed by atoms with E-state index in [1.807, 2.05) is 0 Å². The first kappa shape index (κ1) is 20.3. The third-order valence-corrected chi connectivity index (χ3v) is 5.41. The van der Waals surface area contributed by atoms with Crippen LogP contribution in [0.25, 0.3) is 0 Å². The van der Waals surface area contributed by atoms with E-state index in [0.717, 1.165) is 31.1 Å². The Kier molecular flexibility index (Phi) is 6.97. The molecule has 150 valence electrons. The van der Waals surface area contributed by atoms with E-state index < -0.39 is 11.9 Å². The number of nitrogens with one attached hydrogen (secondary N) is 1. The SMILES string of the molecule is CCOC(=O)C(=CNCCc1ccc2c(c1)SC1=NCCCN12)C(=O)OCC. The Hall–Kier alpha value is -2.48. The second-order valence-electron chi connectivity index (χ2n) is 6.28. The number of hydrogen-bond donors (Lipinski definition) is 1. The summed E-state index contributed by atoms with van der Waals surface area (Å²) in [6.45, 7) is 6.29. The zero-order valence-corrected chi connectivity index (χ0v) is 17.0. The van der Waals surface area contributed by atoms with Crippen molar-refractivity contribution >= 4 is 34.6 Å². The van der Waals surface area contributed by atoms with Crippen molar-refractivity contribution in [1.82, 2.24) is 5.32 Å². The lowest BCUT2D eigenvalue weighted by Gasteiger charge is -2.22. The van der Waals surface area contributed by atoms with E-state index in [1.54, 1.807) is 25.6 Å². The molecule has 0 aromatic heterocycles. The first-order chi connectivity index (χ1) is 13.6. The van der Waals surface area contributed by atoms with Crippen molar-refractivity contribution in [3.05, 3.63) is 35.5 Å². The molecular formula is C20H25N3O4S. The Morgan fingerprint density at radius 1 is 1.25 bits per heavy atom. The van der Waals surface area contributed by atoms with Crippen LogP contribution in [0.3, 0.4) is 0 Å². The van der Waals surface area contributed by atoms with Crippen LogP contribution in [0.1, 0.15) is 25.8 Å². The topological polar surface area (TPSA) is 80.2 Å². The molecule has 0 fully saturated rings. The van der Waals surface area contributed by atoms with Gasteiger partial charge in [-0.25, -0.2) is 9.59 Å². The van der Waals surface area contributed by atoms with Gasteiger partial charge in [-0.1, -0.05) is 6.07 Å². The lowest BCUT2D eigenvalue weighted by Crippen LogP contribution is -2.30. The molecular weight excluding hydrogens is 378 g/mol. The minimum atomic E-state index is -0.681. The van der Waals surface area contributed by atoms with Gasteiger partial charge in [-0.3, -0.25) is 4.99 Å². The van der Waals surface area contributed by atoms with Gasteiger partial charge < -0.3 is 19.7 Å². The van der Waals surface area contributed by atoms with Crippen molar-refractivity contribution in [1.29, 1.82) is 0 Å². The first-order valence-electron chi connectivity index (χ1n) is 9.54. The van der Waals surface area contributed by atoms with E-state index in [2.05, 4.69) is 33.4 Å². The molecule has 8 heteroatoms. The van der Waals surface area contributed by atoms with E-state index in [0.29, 0.717) is 6.54 Å². The predicted molar refractivity (Wildman–Crippen MR) is 110 cm³/mol. The largest absolute Gasteiger partial charge is 0.462 e. The number of anilines is 1. The lowest BCUT2D eigenvalue weighted by atomic mass is 10.1. The Morgan fingerprint density at radius 2 is 2.00 bits per heavy atom. The second-order valence-corrected chi connectivity index (χ2v) is 7.29. The Balaban J connectivity index is 1.59. The van der Waals surface area contributed by atoms with E-state index in [1.165, 1.54) is 22.3 Å². The maximum Gasteiger partial charge on any atom is 0.347 e. The minimum Gasteiger partial charge on any atom is -0.462 e. The van der Waals surface area contributed by atoms with E-state index in [4.69, 9.17) is 9.47 Å². The number of amidine groups is 1. The number of esters is 2. The standard InChI is InChI=1S/C20H25N3O4S/c1-3-26-18(24)15(19(25)27-4-2)13-21-10-8-14-6-7-16-17(12-14)28-20-22-9-5-11-23(16)20/h6-7,12-13,21H,3-5,8-11H2,1-2H3. The summed E-state index contributed by atoms with van der Waals surface area (Å²) in [5.41, 5.74) is 2.29. The highest BCUT2D eigenvalue weighted by Gasteiger charge is 2.28. The van der Waals surface area contributed by atoms with Crippen LogP contribution in [0.4, 0.5) is 5.69 Å². The molecule has 0 amide bonds. The monoisotopic (exact) mass is 403 g/mol. The van der Waals surface area contributed by atoms with Crippen molar-refractivity contribution in [2.24, 2.45) is 4.99 Å². The maximum atomic E-state index is 11.9. The molecule has 1 N–H and O–H groups in total. The van der Waals surface area contributed by atoms with E-state index in [-0.39, 0.29) is 18.8 Å². The highest BCUT2D eigenvalue weighted by Crippen LogP contribution is 2.41. The van der Waals surface area contributed by atoms with Gasteiger partial charge >= 0.3 is 11.9 Å². The zero-order chi connectivity index (χ0) is 19.9. The maximum absolute atomic E-state index is 11.9. The minimum absolute atomic E-state index is 0.122. The molecule has 1 aromatic rings. The molecule has 0 unspecified atom stereocenters. The average Bonchev–Trinajstić information content (AvgIpc) is 3.06. The number of fused-ring (bicyclic) bond motifs is 3. The number of benzene rings is 1. The summed E-state index contributed by atoms with van der Waals surface area (Å²) in [6.07, 6.45) is 3.23. The van der Waals surface area contributed by atoms with Gasteiger partial charge in [0.25, 0.3) is 0 Å². The Labute approximate surface area is 169 Å². The number of carbonyl (C=O) groups excluding carboxylic acids is 2. The second kappa shape index (κ2) is 9.64. The van der Waals surface area contributed by atoms with Crippen LogP contribution in [0.5, 0.6) is 0 Å². The van der Waals surface area contributed by atoms with Gasteiger partial charge in [-0.05, 0) is 56.1 Å². The summed E-state index contributed by atoms with van der Waals surface area (Å²) in [5, 5.41) is 4.12. The summed E-state index contributed by atoms with van der Waals surface area (Å²) >= 11 is 1.72. The van der Waals surface area contributed by atoms with Crippen molar-refractivity contribution in [2.75, 3.05) is 37.7 Å². The van der Waals surface area contributed by atoms with Gasteiger partial charge in [0.1, 0.15) is 0 Å². The molecule has 2 heterocycles. The number of aliphatic imine (C=N–C) groups is 1. The number of nitrogens with zero attached hydrogens (tertiary/aromatic N) is 2. The lowest BCUT2D eigenvalue weighted by molar-refractivity contribution is -0.146. The van der Waals surface area contributed by atoms with Crippen LogP contribution in [0.2, 0.25) is 0 Å². The number of carbonyl (C=O) groups is 2. The van der Waals surface area contributed by atoms with Crippen LogP contribution in [0, 0.1) is 0 Å². The molecule has 0 spiro atoms. The van der Waals surface area contributed by atoms with Crippen molar-refractivity contribution in [3.63, 3.8) is 0 Å². The third-order valence-electron chi connectivity index (χ3n) is 4.33. The van der Waals surface area contributed by atoms with Crippen molar-refractivity contribution < 1.29 is 19.1 Å². The fourth-order valence-electron chi connectivity index (χ4n) is 3.02. The van der Waals surface area contributed by atoms with Gasteiger partial charge in [-0.2, -0.15) is 0 Å². The van der Waals surface area contributed by atoms with Gasteiger partial charge in [0.2, 0.25) is 0 Å². The molecule has 2 aliphatic heterocycles. The first-order valence-corrected chi connectivity index (χ1v) is 10.4. The molecule has 0 aliphatic carbocycles. The van der Waals surface area contributed by atoms with Crippen LogP contribution >= 0.6 is 11.8 Å².